The van der Waals surface area contributed by atoms with Gasteiger partial charge in [0.1, 0.15) is 5.75 Å². The lowest BCUT2D eigenvalue weighted by Crippen LogP contribution is -2.18. The van der Waals surface area contributed by atoms with Crippen molar-refractivity contribution in [3.63, 3.8) is 0 Å². The molecule has 2 rings (SSSR count). The van der Waals surface area contributed by atoms with E-state index in [0.717, 1.165) is 11.1 Å². The number of esters is 1. The summed E-state index contributed by atoms with van der Waals surface area (Å²) in [6, 6.07) is 16.9. The van der Waals surface area contributed by atoms with E-state index in [4.69, 9.17) is 14.7 Å². The van der Waals surface area contributed by atoms with Gasteiger partial charge < -0.3 is 9.47 Å². The van der Waals surface area contributed by atoms with E-state index in [9.17, 15) is 4.79 Å². The second-order valence-electron chi connectivity index (χ2n) is 5.04. The molecule has 0 atom stereocenters. The predicted octanol–water partition coefficient (Wildman–Crippen LogP) is 3.56. The Morgan fingerprint density at radius 2 is 1.59 bits per heavy atom. The minimum absolute atomic E-state index is 0.103. The number of nitrogens with zero attached hydrogens (tertiary/aromatic N) is 1. The summed E-state index contributed by atoms with van der Waals surface area (Å²) in [5.74, 6) is 0.226. The summed E-state index contributed by atoms with van der Waals surface area (Å²) in [5, 5.41) is 8.79. The summed E-state index contributed by atoms with van der Waals surface area (Å²) in [5.41, 5.74) is 2.67. The Morgan fingerprint density at radius 1 is 1.05 bits per heavy atom. The van der Waals surface area contributed by atoms with Crippen LogP contribution in [0.2, 0.25) is 0 Å². The largest absolute Gasteiger partial charge is 0.482 e. The molecule has 0 amide bonds. The number of rotatable bonds is 5. The highest BCUT2D eigenvalue weighted by molar-refractivity contribution is 5.71. The van der Waals surface area contributed by atoms with Gasteiger partial charge in [0.05, 0.1) is 17.7 Å². The third-order valence-electron chi connectivity index (χ3n) is 2.93. The Balaban J connectivity index is 1.98. The average molecular weight is 295 g/mol. The van der Waals surface area contributed by atoms with Crippen LogP contribution in [0.3, 0.4) is 0 Å². The van der Waals surface area contributed by atoms with Gasteiger partial charge in [-0.1, -0.05) is 24.3 Å². The summed E-state index contributed by atoms with van der Waals surface area (Å²) in [6.45, 7) is 3.49. The molecular weight excluding hydrogens is 278 g/mol. The van der Waals surface area contributed by atoms with Gasteiger partial charge in [-0.15, -0.1) is 0 Å². The summed E-state index contributed by atoms with van der Waals surface area (Å²) in [4.78, 5) is 11.4. The topological polar surface area (TPSA) is 59.3 Å². The molecule has 2 aromatic rings. The first-order chi connectivity index (χ1) is 10.6. The standard InChI is InChI=1S/C18H17NO3/c1-13(2)22-18(20)12-21-17-9-7-16(8-10-17)15-5-3-14(11-19)4-6-15/h3-10,13H,12H2,1-2H3. The van der Waals surface area contributed by atoms with Crippen molar-refractivity contribution in [3.05, 3.63) is 54.1 Å². The van der Waals surface area contributed by atoms with Crippen LogP contribution >= 0.6 is 0 Å². The van der Waals surface area contributed by atoms with Crippen molar-refractivity contribution < 1.29 is 14.3 Å². The van der Waals surface area contributed by atoms with Gasteiger partial charge in [0, 0.05) is 0 Å². The predicted molar refractivity (Wildman–Crippen MR) is 83.3 cm³/mol. The maximum absolute atomic E-state index is 11.4. The van der Waals surface area contributed by atoms with Crippen molar-refractivity contribution in [1.29, 1.82) is 5.26 Å². The minimum Gasteiger partial charge on any atom is -0.482 e. The Labute approximate surface area is 129 Å². The molecule has 0 aromatic heterocycles. The van der Waals surface area contributed by atoms with Gasteiger partial charge in [0.25, 0.3) is 0 Å². The molecule has 0 aliphatic heterocycles. The van der Waals surface area contributed by atoms with Crippen molar-refractivity contribution >= 4 is 5.97 Å². The quantitative estimate of drug-likeness (QED) is 0.791. The molecule has 22 heavy (non-hydrogen) atoms. The van der Waals surface area contributed by atoms with E-state index < -0.39 is 0 Å². The fourth-order valence-electron chi connectivity index (χ4n) is 1.92. The zero-order valence-corrected chi connectivity index (χ0v) is 12.6. The van der Waals surface area contributed by atoms with Crippen LogP contribution in [0.4, 0.5) is 0 Å². The summed E-state index contributed by atoms with van der Waals surface area (Å²) in [6.07, 6.45) is -0.144. The molecule has 0 aliphatic carbocycles. The van der Waals surface area contributed by atoms with Gasteiger partial charge in [0.15, 0.2) is 6.61 Å². The molecule has 0 heterocycles. The van der Waals surface area contributed by atoms with E-state index in [2.05, 4.69) is 6.07 Å². The van der Waals surface area contributed by atoms with Crippen LogP contribution in [-0.2, 0) is 9.53 Å². The molecule has 112 valence electrons. The third kappa shape index (κ3) is 4.35. The Morgan fingerprint density at radius 3 is 2.09 bits per heavy atom. The van der Waals surface area contributed by atoms with E-state index in [1.165, 1.54) is 0 Å². The second-order valence-corrected chi connectivity index (χ2v) is 5.04. The highest BCUT2D eigenvalue weighted by Gasteiger charge is 2.06. The average Bonchev–Trinajstić information content (AvgIpc) is 2.53. The Kier molecular flexibility index (Phi) is 5.16. The molecule has 4 nitrogen and oxygen atoms in total. The number of hydrogen-bond donors (Lipinski definition) is 0. The monoisotopic (exact) mass is 295 g/mol. The zero-order valence-electron chi connectivity index (χ0n) is 12.6. The lowest BCUT2D eigenvalue weighted by molar-refractivity contribution is -0.149. The van der Waals surface area contributed by atoms with Crippen LogP contribution in [0.1, 0.15) is 19.4 Å². The number of ether oxygens (including phenoxy) is 2. The maximum Gasteiger partial charge on any atom is 0.344 e. The van der Waals surface area contributed by atoms with Crippen LogP contribution in [0, 0.1) is 11.3 Å². The van der Waals surface area contributed by atoms with Crippen LogP contribution in [0.5, 0.6) is 5.75 Å². The number of carbonyl (C=O) groups is 1. The first-order valence-electron chi connectivity index (χ1n) is 7.01. The molecule has 4 heteroatoms. The van der Waals surface area contributed by atoms with Crippen molar-refractivity contribution in [2.45, 2.75) is 20.0 Å². The van der Waals surface area contributed by atoms with Crippen LogP contribution in [-0.4, -0.2) is 18.7 Å². The Bertz CT molecular complexity index is 667. The molecule has 0 bridgehead atoms. The van der Waals surface area contributed by atoms with Crippen molar-refractivity contribution in [3.8, 4) is 22.9 Å². The number of carbonyl (C=O) groups excluding carboxylic acids is 1. The highest BCUT2D eigenvalue weighted by atomic mass is 16.6. The van der Waals surface area contributed by atoms with Gasteiger partial charge in [-0.05, 0) is 49.2 Å². The molecular formula is C18H17NO3. The first-order valence-corrected chi connectivity index (χ1v) is 7.01. The normalized spacial score (nSPS) is 10.1. The second kappa shape index (κ2) is 7.28. The van der Waals surface area contributed by atoms with E-state index in [0.29, 0.717) is 11.3 Å². The molecule has 2 aromatic carbocycles. The molecule has 0 unspecified atom stereocenters. The fraction of sp³-hybridized carbons (Fsp3) is 0.222. The van der Waals surface area contributed by atoms with Gasteiger partial charge in [-0.25, -0.2) is 4.79 Å². The molecule has 0 radical (unpaired) electrons. The molecule has 0 saturated carbocycles. The fourth-order valence-corrected chi connectivity index (χ4v) is 1.92. The SMILES string of the molecule is CC(C)OC(=O)COc1ccc(-c2ccc(C#N)cc2)cc1. The van der Waals surface area contributed by atoms with Crippen molar-refractivity contribution in [2.75, 3.05) is 6.61 Å². The first kappa shape index (κ1) is 15.6. The summed E-state index contributed by atoms with van der Waals surface area (Å²) >= 11 is 0. The smallest absolute Gasteiger partial charge is 0.344 e. The molecule has 0 N–H and O–H groups in total. The lowest BCUT2D eigenvalue weighted by atomic mass is 10.0. The molecule has 0 spiro atoms. The molecule has 0 aliphatic rings. The van der Waals surface area contributed by atoms with E-state index in [1.54, 1.807) is 38.1 Å². The Hall–Kier alpha value is -2.80. The van der Waals surface area contributed by atoms with E-state index in [-0.39, 0.29) is 18.7 Å². The van der Waals surface area contributed by atoms with Crippen molar-refractivity contribution in [2.24, 2.45) is 0 Å². The molecule has 0 saturated heterocycles. The van der Waals surface area contributed by atoms with Gasteiger partial charge >= 0.3 is 5.97 Å². The summed E-state index contributed by atoms with van der Waals surface area (Å²) < 4.78 is 10.4. The minimum atomic E-state index is -0.383. The van der Waals surface area contributed by atoms with Crippen LogP contribution in [0.15, 0.2) is 48.5 Å². The zero-order chi connectivity index (χ0) is 15.9. The van der Waals surface area contributed by atoms with E-state index in [1.807, 2.05) is 24.3 Å². The van der Waals surface area contributed by atoms with Crippen LogP contribution < -0.4 is 4.74 Å². The maximum atomic E-state index is 11.4. The van der Waals surface area contributed by atoms with Gasteiger partial charge in [0.2, 0.25) is 0 Å². The summed E-state index contributed by atoms with van der Waals surface area (Å²) in [7, 11) is 0. The number of hydrogen-bond acceptors (Lipinski definition) is 4. The number of nitriles is 1. The highest BCUT2D eigenvalue weighted by Crippen LogP contribution is 2.22. The van der Waals surface area contributed by atoms with Gasteiger partial charge in [-0.2, -0.15) is 5.26 Å². The van der Waals surface area contributed by atoms with E-state index >= 15 is 0 Å². The molecule has 0 fully saturated rings. The number of benzene rings is 2. The van der Waals surface area contributed by atoms with Crippen LogP contribution in [0.25, 0.3) is 11.1 Å². The third-order valence-corrected chi connectivity index (χ3v) is 2.93. The lowest BCUT2D eigenvalue weighted by Gasteiger charge is -2.09. The van der Waals surface area contributed by atoms with Gasteiger partial charge in [-0.3, -0.25) is 0 Å². The van der Waals surface area contributed by atoms with Crippen molar-refractivity contribution in [1.82, 2.24) is 0 Å².